The van der Waals surface area contributed by atoms with E-state index in [1.54, 1.807) is 12.1 Å². The van der Waals surface area contributed by atoms with Gasteiger partial charge in [0.25, 0.3) is 0 Å². The minimum Gasteiger partial charge on any atom is -0.369 e. The minimum atomic E-state index is -0.272. The summed E-state index contributed by atoms with van der Waals surface area (Å²) in [7, 11) is 2.11. The van der Waals surface area contributed by atoms with Crippen LogP contribution in [0.25, 0.3) is 11.3 Å². The van der Waals surface area contributed by atoms with E-state index >= 15 is 0 Å². The van der Waals surface area contributed by atoms with Crippen LogP contribution >= 0.6 is 11.3 Å². The summed E-state index contributed by atoms with van der Waals surface area (Å²) in [5.41, 5.74) is 6.21. The van der Waals surface area contributed by atoms with Crippen LogP contribution in [0.4, 0.5) is 15.2 Å². The molecule has 1 saturated heterocycles. The Morgan fingerprint density at radius 1 is 1.11 bits per heavy atom. The van der Waals surface area contributed by atoms with Crippen LogP contribution in [0.2, 0.25) is 0 Å². The number of benzene rings is 2. The average molecular weight is 396 g/mol. The molecule has 1 aliphatic rings. The van der Waals surface area contributed by atoms with Crippen LogP contribution in [0.15, 0.2) is 59.0 Å². The molecule has 144 valence electrons. The van der Waals surface area contributed by atoms with Crippen molar-refractivity contribution in [2.45, 2.75) is 0 Å². The molecule has 7 heteroatoms. The molecule has 1 fully saturated rings. The van der Waals surface area contributed by atoms with E-state index in [-0.39, 0.29) is 5.82 Å². The standard InChI is InChI=1S/C21H22FN5S/c1-26-9-11-27(12-10-26)18-8-7-17(19(22)13-18)14-23-25-21-24-20(15-28-21)16-5-3-2-4-6-16/h2-8,13-15H,9-12H2,1H3,(H,24,25). The Morgan fingerprint density at radius 2 is 1.89 bits per heavy atom. The second kappa shape index (κ2) is 8.50. The largest absolute Gasteiger partial charge is 0.369 e. The predicted molar refractivity (Wildman–Crippen MR) is 115 cm³/mol. The van der Waals surface area contributed by atoms with Crippen LogP contribution < -0.4 is 10.3 Å². The molecule has 2 aromatic carbocycles. The Bertz CT molecular complexity index is 948. The van der Waals surface area contributed by atoms with Gasteiger partial charge in [-0.15, -0.1) is 11.3 Å². The van der Waals surface area contributed by atoms with Gasteiger partial charge in [0, 0.05) is 48.4 Å². The quantitative estimate of drug-likeness (QED) is 0.521. The first-order chi connectivity index (χ1) is 13.7. The van der Waals surface area contributed by atoms with Gasteiger partial charge in [0.2, 0.25) is 5.13 Å². The molecule has 1 N–H and O–H groups in total. The maximum absolute atomic E-state index is 14.5. The monoisotopic (exact) mass is 395 g/mol. The lowest BCUT2D eigenvalue weighted by atomic mass is 10.2. The van der Waals surface area contributed by atoms with E-state index in [1.165, 1.54) is 17.6 Å². The fourth-order valence-corrected chi connectivity index (χ4v) is 3.77. The van der Waals surface area contributed by atoms with Gasteiger partial charge in [-0.2, -0.15) is 5.10 Å². The molecule has 5 nitrogen and oxygen atoms in total. The maximum Gasteiger partial charge on any atom is 0.203 e. The number of halogens is 1. The second-order valence-electron chi connectivity index (χ2n) is 6.77. The number of nitrogens with zero attached hydrogens (tertiary/aromatic N) is 4. The van der Waals surface area contributed by atoms with Crippen molar-refractivity contribution in [3.63, 3.8) is 0 Å². The topological polar surface area (TPSA) is 43.8 Å². The third-order valence-electron chi connectivity index (χ3n) is 4.79. The van der Waals surface area contributed by atoms with Gasteiger partial charge in [-0.05, 0) is 25.2 Å². The van der Waals surface area contributed by atoms with Crippen molar-refractivity contribution < 1.29 is 4.39 Å². The van der Waals surface area contributed by atoms with Crippen LogP contribution in [-0.2, 0) is 0 Å². The Hall–Kier alpha value is -2.77. The zero-order valence-corrected chi connectivity index (χ0v) is 16.5. The van der Waals surface area contributed by atoms with E-state index in [0.717, 1.165) is 43.1 Å². The van der Waals surface area contributed by atoms with Crippen LogP contribution in [0, 0.1) is 5.82 Å². The summed E-state index contributed by atoms with van der Waals surface area (Å²) in [6, 6.07) is 15.3. The third-order valence-corrected chi connectivity index (χ3v) is 5.54. The SMILES string of the molecule is CN1CCN(c2ccc(C=NNc3nc(-c4ccccc4)cs3)c(F)c2)CC1. The van der Waals surface area contributed by atoms with Gasteiger partial charge in [-0.3, -0.25) is 5.43 Å². The molecule has 0 spiro atoms. The summed E-state index contributed by atoms with van der Waals surface area (Å²) in [6.07, 6.45) is 1.49. The van der Waals surface area contributed by atoms with Gasteiger partial charge in [-0.25, -0.2) is 9.37 Å². The number of hydrogen-bond donors (Lipinski definition) is 1. The normalized spacial score (nSPS) is 15.3. The molecule has 0 atom stereocenters. The highest BCUT2D eigenvalue weighted by atomic mass is 32.1. The zero-order valence-electron chi connectivity index (χ0n) is 15.7. The number of likely N-dealkylation sites (N-methyl/N-ethyl adjacent to an activating group) is 1. The first-order valence-corrected chi connectivity index (χ1v) is 10.1. The summed E-state index contributed by atoms with van der Waals surface area (Å²) >= 11 is 1.46. The summed E-state index contributed by atoms with van der Waals surface area (Å²) < 4.78 is 14.5. The molecular formula is C21H22FN5S. The average Bonchev–Trinajstić information content (AvgIpc) is 3.19. The van der Waals surface area contributed by atoms with Gasteiger partial charge < -0.3 is 9.80 Å². The molecule has 0 radical (unpaired) electrons. The number of rotatable bonds is 5. The zero-order chi connectivity index (χ0) is 19.3. The predicted octanol–water partition coefficient (Wildman–Crippen LogP) is 4.15. The Labute approximate surface area is 168 Å². The molecule has 28 heavy (non-hydrogen) atoms. The van der Waals surface area contributed by atoms with Gasteiger partial charge in [-0.1, -0.05) is 30.3 Å². The summed E-state index contributed by atoms with van der Waals surface area (Å²) in [6.45, 7) is 3.82. The van der Waals surface area contributed by atoms with Crippen LogP contribution in [0.1, 0.15) is 5.56 Å². The highest BCUT2D eigenvalue weighted by molar-refractivity contribution is 7.14. The van der Waals surface area contributed by atoms with Crippen molar-refractivity contribution in [3.8, 4) is 11.3 Å². The van der Waals surface area contributed by atoms with Crippen molar-refractivity contribution in [3.05, 3.63) is 65.3 Å². The molecule has 1 aliphatic heterocycles. The Kier molecular flexibility index (Phi) is 5.64. The molecule has 0 bridgehead atoms. The molecule has 0 aliphatic carbocycles. The van der Waals surface area contributed by atoms with Crippen molar-refractivity contribution >= 4 is 28.4 Å². The smallest absolute Gasteiger partial charge is 0.203 e. The van der Waals surface area contributed by atoms with Crippen molar-refractivity contribution in [1.29, 1.82) is 0 Å². The lowest BCUT2D eigenvalue weighted by Gasteiger charge is -2.34. The lowest BCUT2D eigenvalue weighted by molar-refractivity contribution is 0.313. The molecule has 4 rings (SSSR count). The highest BCUT2D eigenvalue weighted by Crippen LogP contribution is 2.24. The van der Waals surface area contributed by atoms with Crippen LogP contribution in [0.3, 0.4) is 0 Å². The summed E-state index contributed by atoms with van der Waals surface area (Å²) in [5.74, 6) is -0.272. The second-order valence-corrected chi connectivity index (χ2v) is 7.63. The number of nitrogens with one attached hydrogen (secondary N) is 1. The van der Waals surface area contributed by atoms with E-state index < -0.39 is 0 Å². The van der Waals surface area contributed by atoms with E-state index in [1.807, 2.05) is 41.8 Å². The van der Waals surface area contributed by atoms with Crippen molar-refractivity contribution in [1.82, 2.24) is 9.88 Å². The van der Waals surface area contributed by atoms with Crippen LogP contribution in [0.5, 0.6) is 0 Å². The molecule has 3 aromatic rings. The first-order valence-electron chi connectivity index (χ1n) is 9.22. The van der Waals surface area contributed by atoms with E-state index in [4.69, 9.17) is 0 Å². The molecular weight excluding hydrogens is 373 g/mol. The summed E-state index contributed by atoms with van der Waals surface area (Å²) in [4.78, 5) is 9.00. The van der Waals surface area contributed by atoms with Crippen molar-refractivity contribution in [2.24, 2.45) is 5.10 Å². The van der Waals surface area contributed by atoms with E-state index in [0.29, 0.717) is 10.7 Å². The third kappa shape index (κ3) is 4.37. The maximum atomic E-state index is 14.5. The number of hydrazone groups is 1. The number of anilines is 2. The highest BCUT2D eigenvalue weighted by Gasteiger charge is 2.15. The van der Waals surface area contributed by atoms with Crippen LogP contribution in [-0.4, -0.2) is 49.3 Å². The number of hydrogen-bond acceptors (Lipinski definition) is 6. The summed E-state index contributed by atoms with van der Waals surface area (Å²) in [5, 5.41) is 6.79. The number of aromatic nitrogens is 1. The van der Waals surface area contributed by atoms with E-state index in [9.17, 15) is 4.39 Å². The fraction of sp³-hybridized carbons (Fsp3) is 0.238. The van der Waals surface area contributed by atoms with Gasteiger partial charge >= 0.3 is 0 Å². The molecule has 0 unspecified atom stereocenters. The minimum absolute atomic E-state index is 0.272. The lowest BCUT2D eigenvalue weighted by Crippen LogP contribution is -2.44. The molecule has 1 aromatic heterocycles. The fourth-order valence-electron chi connectivity index (χ4n) is 3.11. The number of piperazine rings is 1. The van der Waals surface area contributed by atoms with Crippen molar-refractivity contribution in [2.75, 3.05) is 43.6 Å². The van der Waals surface area contributed by atoms with Gasteiger partial charge in [0.1, 0.15) is 5.82 Å². The first kappa shape index (κ1) is 18.6. The Morgan fingerprint density at radius 3 is 2.64 bits per heavy atom. The Balaban J connectivity index is 1.39. The van der Waals surface area contributed by atoms with Gasteiger partial charge in [0.15, 0.2) is 0 Å². The number of thiazole rings is 1. The molecule has 0 amide bonds. The van der Waals surface area contributed by atoms with Gasteiger partial charge in [0.05, 0.1) is 11.9 Å². The molecule has 0 saturated carbocycles. The molecule has 2 heterocycles. The van der Waals surface area contributed by atoms with E-state index in [2.05, 4.69) is 32.4 Å².